The number of ether oxygens (including phenoxy) is 2. The van der Waals surface area contributed by atoms with Gasteiger partial charge in [-0.2, -0.15) is 0 Å². The molecular formula is C16H25NO3. The van der Waals surface area contributed by atoms with Gasteiger partial charge in [0.1, 0.15) is 0 Å². The molecular weight excluding hydrogens is 254 g/mol. The number of nitrogens with zero attached hydrogens (tertiary/aromatic N) is 1. The van der Waals surface area contributed by atoms with Crippen LogP contribution in [0.5, 0.6) is 0 Å². The third kappa shape index (κ3) is 3.84. The molecule has 1 saturated carbocycles. The van der Waals surface area contributed by atoms with Crippen molar-refractivity contribution < 1.29 is 13.9 Å². The van der Waals surface area contributed by atoms with Crippen molar-refractivity contribution in [2.45, 2.75) is 50.8 Å². The summed E-state index contributed by atoms with van der Waals surface area (Å²) < 4.78 is 16.6. The third-order valence-corrected chi connectivity index (χ3v) is 4.38. The SMILES string of the molecule is c1cc(CN(CC2COCCO2)C2CCCCC2)co1. The fraction of sp³-hybridized carbons (Fsp3) is 0.750. The monoisotopic (exact) mass is 279 g/mol. The summed E-state index contributed by atoms with van der Waals surface area (Å²) in [6, 6.07) is 2.75. The summed E-state index contributed by atoms with van der Waals surface area (Å²) in [5.74, 6) is 0. The molecule has 0 amide bonds. The number of rotatable bonds is 5. The molecule has 20 heavy (non-hydrogen) atoms. The molecule has 0 spiro atoms. The summed E-state index contributed by atoms with van der Waals surface area (Å²) in [6.07, 6.45) is 10.6. The standard InChI is InChI=1S/C16H25NO3/c1-2-4-15(5-3-1)17(10-14-6-7-18-12-14)11-16-13-19-8-9-20-16/h6-7,12,15-16H,1-5,8-11,13H2. The average Bonchev–Trinajstić information content (AvgIpc) is 3.02. The van der Waals surface area contributed by atoms with Crippen LogP contribution in [0.1, 0.15) is 37.7 Å². The molecule has 2 fully saturated rings. The quantitative estimate of drug-likeness (QED) is 0.830. The van der Waals surface area contributed by atoms with Gasteiger partial charge in [0.2, 0.25) is 0 Å². The van der Waals surface area contributed by atoms with E-state index in [0.29, 0.717) is 6.04 Å². The molecule has 0 bridgehead atoms. The summed E-state index contributed by atoms with van der Waals surface area (Å²) in [4.78, 5) is 2.57. The predicted molar refractivity (Wildman–Crippen MR) is 76.6 cm³/mol. The van der Waals surface area contributed by atoms with E-state index in [1.165, 1.54) is 37.7 Å². The van der Waals surface area contributed by atoms with Gasteiger partial charge in [-0.25, -0.2) is 0 Å². The zero-order valence-corrected chi connectivity index (χ0v) is 12.1. The lowest BCUT2D eigenvalue weighted by molar-refractivity contribution is -0.103. The van der Waals surface area contributed by atoms with Gasteiger partial charge < -0.3 is 13.9 Å². The molecule has 112 valence electrons. The molecule has 4 heteroatoms. The summed E-state index contributed by atoms with van der Waals surface area (Å²) in [6.45, 7) is 4.13. The van der Waals surface area contributed by atoms with Gasteiger partial charge in [-0.3, -0.25) is 4.90 Å². The normalized spacial score (nSPS) is 25.1. The van der Waals surface area contributed by atoms with Gasteiger partial charge in [0.05, 0.1) is 38.5 Å². The molecule has 1 unspecified atom stereocenters. The Kier molecular flexibility index (Phi) is 5.12. The first kappa shape index (κ1) is 14.1. The van der Waals surface area contributed by atoms with E-state index in [1.54, 1.807) is 6.26 Å². The summed E-state index contributed by atoms with van der Waals surface area (Å²) in [5, 5.41) is 0. The number of furan rings is 1. The van der Waals surface area contributed by atoms with E-state index in [1.807, 2.05) is 6.26 Å². The van der Waals surface area contributed by atoms with Gasteiger partial charge >= 0.3 is 0 Å². The second-order valence-electron chi connectivity index (χ2n) is 5.92. The maximum absolute atomic E-state index is 5.83. The highest BCUT2D eigenvalue weighted by Gasteiger charge is 2.25. The molecule has 0 aromatic carbocycles. The first-order valence-electron chi connectivity index (χ1n) is 7.86. The molecule has 1 aliphatic heterocycles. The molecule has 2 aliphatic rings. The lowest BCUT2D eigenvalue weighted by atomic mass is 9.93. The molecule has 3 rings (SSSR count). The van der Waals surface area contributed by atoms with Gasteiger partial charge in [0, 0.05) is 24.7 Å². The molecule has 2 heterocycles. The van der Waals surface area contributed by atoms with Crippen molar-refractivity contribution in [2.75, 3.05) is 26.4 Å². The van der Waals surface area contributed by atoms with E-state index in [9.17, 15) is 0 Å². The van der Waals surface area contributed by atoms with Crippen LogP contribution in [-0.4, -0.2) is 43.4 Å². The molecule has 0 radical (unpaired) electrons. The Labute approximate surface area is 121 Å². The van der Waals surface area contributed by atoms with Gasteiger partial charge in [0.25, 0.3) is 0 Å². The van der Waals surface area contributed by atoms with Gasteiger partial charge in [-0.1, -0.05) is 19.3 Å². The maximum atomic E-state index is 5.83. The Balaban J connectivity index is 1.61. The number of hydrogen-bond acceptors (Lipinski definition) is 4. The lowest BCUT2D eigenvalue weighted by Gasteiger charge is -2.37. The van der Waals surface area contributed by atoms with Crippen LogP contribution in [0.25, 0.3) is 0 Å². The Bertz CT molecular complexity index is 367. The summed E-state index contributed by atoms with van der Waals surface area (Å²) >= 11 is 0. The van der Waals surface area contributed by atoms with Crippen molar-refractivity contribution in [3.63, 3.8) is 0 Å². The molecule has 0 N–H and O–H groups in total. The number of hydrogen-bond donors (Lipinski definition) is 0. The van der Waals surface area contributed by atoms with Crippen LogP contribution in [0.4, 0.5) is 0 Å². The molecule has 1 saturated heterocycles. The fourth-order valence-electron chi connectivity index (χ4n) is 3.31. The van der Waals surface area contributed by atoms with Crippen LogP contribution in [0.3, 0.4) is 0 Å². The van der Waals surface area contributed by atoms with E-state index in [2.05, 4.69) is 11.0 Å². The highest BCUT2D eigenvalue weighted by atomic mass is 16.6. The Morgan fingerprint density at radius 3 is 2.75 bits per heavy atom. The largest absolute Gasteiger partial charge is 0.472 e. The zero-order chi connectivity index (χ0) is 13.6. The van der Waals surface area contributed by atoms with Crippen LogP contribution in [-0.2, 0) is 16.0 Å². The van der Waals surface area contributed by atoms with Crippen molar-refractivity contribution >= 4 is 0 Å². The van der Waals surface area contributed by atoms with Crippen molar-refractivity contribution in [3.8, 4) is 0 Å². The molecule has 1 aromatic heterocycles. The minimum atomic E-state index is 0.220. The van der Waals surface area contributed by atoms with Gasteiger partial charge in [0.15, 0.2) is 0 Å². The van der Waals surface area contributed by atoms with Crippen molar-refractivity contribution in [2.24, 2.45) is 0 Å². The molecule has 1 aromatic rings. The van der Waals surface area contributed by atoms with E-state index >= 15 is 0 Å². The van der Waals surface area contributed by atoms with E-state index in [0.717, 1.165) is 32.9 Å². The van der Waals surface area contributed by atoms with Crippen molar-refractivity contribution in [3.05, 3.63) is 24.2 Å². The van der Waals surface area contributed by atoms with Crippen LogP contribution in [0.15, 0.2) is 23.0 Å². The van der Waals surface area contributed by atoms with Crippen LogP contribution in [0, 0.1) is 0 Å². The van der Waals surface area contributed by atoms with E-state index < -0.39 is 0 Å². The minimum absolute atomic E-state index is 0.220. The first-order chi connectivity index (χ1) is 9.92. The highest BCUT2D eigenvalue weighted by Crippen LogP contribution is 2.25. The first-order valence-corrected chi connectivity index (χ1v) is 7.86. The Morgan fingerprint density at radius 2 is 2.05 bits per heavy atom. The summed E-state index contributed by atoms with van der Waals surface area (Å²) in [5.41, 5.74) is 1.26. The van der Waals surface area contributed by atoms with Gasteiger partial charge in [-0.05, 0) is 18.9 Å². The van der Waals surface area contributed by atoms with Crippen LogP contribution < -0.4 is 0 Å². The predicted octanol–water partition coefficient (Wildman–Crippen LogP) is 2.83. The molecule has 1 aliphatic carbocycles. The second kappa shape index (κ2) is 7.25. The summed E-state index contributed by atoms with van der Waals surface area (Å²) in [7, 11) is 0. The van der Waals surface area contributed by atoms with E-state index in [4.69, 9.17) is 13.9 Å². The molecule has 1 atom stereocenters. The second-order valence-corrected chi connectivity index (χ2v) is 5.92. The van der Waals surface area contributed by atoms with Gasteiger partial charge in [-0.15, -0.1) is 0 Å². The third-order valence-electron chi connectivity index (χ3n) is 4.38. The van der Waals surface area contributed by atoms with Crippen molar-refractivity contribution in [1.82, 2.24) is 4.90 Å². The highest BCUT2D eigenvalue weighted by molar-refractivity contribution is 5.05. The van der Waals surface area contributed by atoms with Crippen molar-refractivity contribution in [1.29, 1.82) is 0 Å². The molecule has 4 nitrogen and oxygen atoms in total. The van der Waals surface area contributed by atoms with E-state index in [-0.39, 0.29) is 6.10 Å². The lowest BCUT2D eigenvalue weighted by Crippen LogP contribution is -2.44. The van der Waals surface area contributed by atoms with Crippen LogP contribution >= 0.6 is 0 Å². The van der Waals surface area contributed by atoms with Crippen LogP contribution in [0.2, 0.25) is 0 Å². The topological polar surface area (TPSA) is 34.8 Å². The fourth-order valence-corrected chi connectivity index (χ4v) is 3.31. The smallest absolute Gasteiger partial charge is 0.0947 e. The zero-order valence-electron chi connectivity index (χ0n) is 12.1. The maximum Gasteiger partial charge on any atom is 0.0947 e. The Morgan fingerprint density at radius 1 is 1.15 bits per heavy atom. The average molecular weight is 279 g/mol. The Hall–Kier alpha value is -0.840. The minimum Gasteiger partial charge on any atom is -0.472 e.